The van der Waals surface area contributed by atoms with Crippen molar-refractivity contribution in [2.45, 2.75) is 44.9 Å². The molecule has 0 bridgehead atoms. The summed E-state index contributed by atoms with van der Waals surface area (Å²) in [7, 11) is 0. The van der Waals surface area contributed by atoms with Gasteiger partial charge in [-0.15, -0.1) is 11.8 Å². The first-order valence-electron chi connectivity index (χ1n) is 7.44. The number of amides is 2. The molecule has 2 aliphatic rings. The third-order valence-electron chi connectivity index (χ3n) is 3.72. The first-order valence-corrected chi connectivity index (χ1v) is 8.59. The second-order valence-corrected chi connectivity index (χ2v) is 6.99. The molecule has 1 unspecified atom stereocenters. The molecular formula is C14H22N2O5S. The molecule has 2 rings (SSSR count). The fraction of sp³-hybridized carbons (Fsp3) is 0.786. The van der Waals surface area contributed by atoms with Gasteiger partial charge in [0.15, 0.2) is 6.10 Å². The Morgan fingerprint density at radius 1 is 1.32 bits per heavy atom. The van der Waals surface area contributed by atoms with Crippen LogP contribution in [0.25, 0.3) is 0 Å². The van der Waals surface area contributed by atoms with Crippen LogP contribution in [0.15, 0.2) is 0 Å². The lowest BCUT2D eigenvalue weighted by Crippen LogP contribution is -2.50. The summed E-state index contributed by atoms with van der Waals surface area (Å²) in [5.41, 5.74) is 0. The van der Waals surface area contributed by atoms with Gasteiger partial charge in [0.2, 0.25) is 5.91 Å². The van der Waals surface area contributed by atoms with Crippen LogP contribution in [0.3, 0.4) is 0 Å². The number of carboxylic acids is 1. The van der Waals surface area contributed by atoms with Crippen LogP contribution in [0.2, 0.25) is 0 Å². The van der Waals surface area contributed by atoms with E-state index in [4.69, 9.17) is 9.84 Å². The highest BCUT2D eigenvalue weighted by Gasteiger charge is 2.42. The Hall–Kier alpha value is -1.28. The molecule has 124 valence electrons. The van der Waals surface area contributed by atoms with Gasteiger partial charge in [-0.2, -0.15) is 0 Å². The van der Waals surface area contributed by atoms with Gasteiger partial charge < -0.3 is 20.1 Å². The van der Waals surface area contributed by atoms with Crippen LogP contribution < -0.4 is 5.32 Å². The summed E-state index contributed by atoms with van der Waals surface area (Å²) in [6, 6.07) is -0.497. The number of ether oxygens (including phenoxy) is 1. The molecular weight excluding hydrogens is 308 g/mol. The maximum Gasteiger partial charge on any atom is 0.332 e. The van der Waals surface area contributed by atoms with E-state index in [1.54, 1.807) is 0 Å². The zero-order valence-corrected chi connectivity index (χ0v) is 13.6. The third-order valence-corrected chi connectivity index (χ3v) is 4.74. The Morgan fingerprint density at radius 2 is 2.00 bits per heavy atom. The summed E-state index contributed by atoms with van der Waals surface area (Å²) in [6.45, 7) is 4.58. The molecule has 2 fully saturated rings. The van der Waals surface area contributed by atoms with E-state index >= 15 is 0 Å². The number of hydrogen-bond donors (Lipinski definition) is 2. The van der Waals surface area contributed by atoms with E-state index in [-0.39, 0.29) is 11.8 Å². The minimum Gasteiger partial charge on any atom is -0.479 e. The topological polar surface area (TPSA) is 95.9 Å². The molecule has 2 saturated heterocycles. The number of carbonyl (C=O) groups is 3. The average molecular weight is 330 g/mol. The van der Waals surface area contributed by atoms with Gasteiger partial charge in [0.05, 0.1) is 5.88 Å². The van der Waals surface area contributed by atoms with E-state index in [0.29, 0.717) is 36.9 Å². The second kappa shape index (κ2) is 7.32. The lowest BCUT2D eigenvalue weighted by atomic mass is 10.1. The van der Waals surface area contributed by atoms with Crippen LogP contribution in [0.5, 0.6) is 0 Å². The van der Waals surface area contributed by atoms with E-state index in [1.165, 1.54) is 16.7 Å². The average Bonchev–Trinajstić information content (AvgIpc) is 3.12. The van der Waals surface area contributed by atoms with Crippen molar-refractivity contribution in [1.29, 1.82) is 0 Å². The molecule has 2 heterocycles. The van der Waals surface area contributed by atoms with Gasteiger partial charge in [-0.1, -0.05) is 13.8 Å². The van der Waals surface area contributed by atoms with Crippen LogP contribution >= 0.6 is 11.8 Å². The van der Waals surface area contributed by atoms with Crippen LogP contribution in [0.4, 0.5) is 0 Å². The highest BCUT2D eigenvalue weighted by molar-refractivity contribution is 7.99. The molecule has 8 heteroatoms. The Balaban J connectivity index is 1.94. The normalized spacial score (nSPS) is 28.1. The lowest BCUT2D eigenvalue weighted by molar-refractivity contribution is -0.156. The SMILES string of the molecule is CC(C)CNC(=O)C1CSCN1C(=O)[C@@H]1CC[C@H](C(=O)O)O1. The van der Waals surface area contributed by atoms with Gasteiger partial charge >= 0.3 is 5.97 Å². The van der Waals surface area contributed by atoms with Crippen LogP contribution in [0, 0.1) is 5.92 Å². The number of nitrogens with zero attached hydrogens (tertiary/aromatic N) is 1. The van der Waals surface area contributed by atoms with Crippen LogP contribution in [0.1, 0.15) is 26.7 Å². The van der Waals surface area contributed by atoms with Crippen molar-refractivity contribution in [2.24, 2.45) is 5.92 Å². The molecule has 7 nitrogen and oxygen atoms in total. The second-order valence-electron chi connectivity index (χ2n) is 5.99. The predicted octanol–water partition coefficient (Wildman–Crippen LogP) is 0.292. The zero-order chi connectivity index (χ0) is 16.3. The van der Waals surface area contributed by atoms with E-state index < -0.39 is 24.2 Å². The molecule has 0 aliphatic carbocycles. The maximum absolute atomic E-state index is 12.5. The molecule has 3 atom stereocenters. The molecule has 2 aliphatic heterocycles. The van der Waals surface area contributed by atoms with Gasteiger partial charge in [0.25, 0.3) is 5.91 Å². The minimum absolute atomic E-state index is 0.153. The number of aliphatic carboxylic acids is 1. The van der Waals surface area contributed by atoms with Crippen molar-refractivity contribution < 1.29 is 24.2 Å². The summed E-state index contributed by atoms with van der Waals surface area (Å²) in [5, 5.41) is 11.8. The Labute approximate surface area is 133 Å². The summed E-state index contributed by atoms with van der Waals surface area (Å²) in [5.74, 6) is -0.131. The highest BCUT2D eigenvalue weighted by Crippen LogP contribution is 2.27. The standard InChI is InChI=1S/C14H22N2O5S/c1-8(2)5-15-12(17)9-6-22-7-16(9)13(18)10-3-4-11(21-10)14(19)20/h8-11H,3-7H2,1-2H3,(H,15,17)(H,19,20)/t9?,10-,11+/m0/s1. The van der Waals surface area contributed by atoms with E-state index in [0.717, 1.165) is 0 Å². The molecule has 0 aromatic rings. The molecule has 2 amide bonds. The van der Waals surface area contributed by atoms with Gasteiger partial charge in [0.1, 0.15) is 12.1 Å². The first-order chi connectivity index (χ1) is 10.4. The summed E-state index contributed by atoms with van der Waals surface area (Å²) >= 11 is 1.52. The number of nitrogens with one attached hydrogen (secondary N) is 1. The number of carbonyl (C=O) groups excluding carboxylic acids is 2. The van der Waals surface area contributed by atoms with Crippen molar-refractivity contribution in [1.82, 2.24) is 10.2 Å². The quantitative estimate of drug-likeness (QED) is 0.752. The van der Waals surface area contributed by atoms with Crippen molar-refractivity contribution in [3.8, 4) is 0 Å². The highest BCUT2D eigenvalue weighted by atomic mass is 32.2. The van der Waals surface area contributed by atoms with Gasteiger partial charge in [-0.25, -0.2) is 4.79 Å². The fourth-order valence-electron chi connectivity index (χ4n) is 2.49. The molecule has 2 N–H and O–H groups in total. The van der Waals surface area contributed by atoms with Gasteiger partial charge in [-0.05, 0) is 18.8 Å². The largest absolute Gasteiger partial charge is 0.479 e. The molecule has 0 spiro atoms. The van der Waals surface area contributed by atoms with Crippen molar-refractivity contribution in [3.63, 3.8) is 0 Å². The number of thioether (sulfide) groups is 1. The van der Waals surface area contributed by atoms with Crippen LogP contribution in [-0.4, -0.2) is 64.2 Å². The van der Waals surface area contributed by atoms with E-state index in [9.17, 15) is 14.4 Å². The Kier molecular flexibility index (Phi) is 5.69. The number of carboxylic acid groups (broad SMARTS) is 1. The Morgan fingerprint density at radius 3 is 2.59 bits per heavy atom. The first kappa shape index (κ1) is 17.1. The fourth-order valence-corrected chi connectivity index (χ4v) is 3.65. The minimum atomic E-state index is -1.04. The molecule has 22 heavy (non-hydrogen) atoms. The molecule has 0 radical (unpaired) electrons. The van der Waals surface area contributed by atoms with Gasteiger partial charge in [0, 0.05) is 12.3 Å². The summed E-state index contributed by atoms with van der Waals surface area (Å²) < 4.78 is 5.29. The Bertz CT molecular complexity index is 457. The predicted molar refractivity (Wildman–Crippen MR) is 81.3 cm³/mol. The monoisotopic (exact) mass is 330 g/mol. The molecule has 0 aromatic carbocycles. The van der Waals surface area contributed by atoms with E-state index in [2.05, 4.69) is 5.32 Å². The van der Waals surface area contributed by atoms with Crippen molar-refractivity contribution in [3.05, 3.63) is 0 Å². The summed E-state index contributed by atoms with van der Waals surface area (Å²) in [6.07, 6.45) is -0.952. The number of hydrogen-bond acceptors (Lipinski definition) is 5. The smallest absolute Gasteiger partial charge is 0.332 e. The van der Waals surface area contributed by atoms with E-state index in [1.807, 2.05) is 13.8 Å². The molecule has 0 aromatic heterocycles. The lowest BCUT2D eigenvalue weighted by Gasteiger charge is -2.25. The van der Waals surface area contributed by atoms with Crippen molar-refractivity contribution >= 4 is 29.5 Å². The molecule has 0 saturated carbocycles. The van der Waals surface area contributed by atoms with Crippen molar-refractivity contribution in [2.75, 3.05) is 18.2 Å². The third kappa shape index (κ3) is 3.92. The maximum atomic E-state index is 12.5. The summed E-state index contributed by atoms with van der Waals surface area (Å²) in [4.78, 5) is 37.1. The zero-order valence-electron chi connectivity index (χ0n) is 12.8. The van der Waals surface area contributed by atoms with Gasteiger partial charge in [-0.3, -0.25) is 9.59 Å². The number of rotatable bonds is 5. The van der Waals surface area contributed by atoms with Crippen LogP contribution in [-0.2, 0) is 19.1 Å².